The lowest BCUT2D eigenvalue weighted by Crippen LogP contribution is -2.52. The molecular weight excluding hydrogens is 160 g/mol. The van der Waals surface area contributed by atoms with Crippen LogP contribution in [0.5, 0.6) is 0 Å². The fraction of sp³-hybridized carbons (Fsp3) is 1.00. The molecule has 0 aromatic rings. The topological polar surface area (TPSA) is 29.3 Å². The van der Waals surface area contributed by atoms with E-state index in [0.29, 0.717) is 11.5 Å². The van der Waals surface area contributed by atoms with Crippen LogP contribution in [0, 0.1) is 5.41 Å². The molecule has 1 saturated heterocycles. The minimum absolute atomic E-state index is 0.276. The van der Waals surface area contributed by atoms with Crippen molar-refractivity contribution in [1.29, 1.82) is 0 Å². The maximum Gasteiger partial charge on any atom is 0.0292 e. The molecular formula is C11H24N2. The van der Waals surface area contributed by atoms with Crippen LogP contribution in [0.1, 0.15) is 40.5 Å². The predicted octanol–water partition coefficient (Wildman–Crippen LogP) is 1.84. The standard InChI is InChI=1S/C11H24N2/c1-9(12)10(11(2,3)4)13-7-5-6-8-13/h9-10H,5-8,12H2,1-4H3. The van der Waals surface area contributed by atoms with E-state index in [1.165, 1.54) is 25.9 Å². The Morgan fingerprint density at radius 3 is 1.92 bits per heavy atom. The fourth-order valence-electron chi connectivity index (χ4n) is 2.69. The summed E-state index contributed by atoms with van der Waals surface area (Å²) in [5, 5.41) is 0. The average Bonchev–Trinajstić information content (AvgIpc) is 2.34. The summed E-state index contributed by atoms with van der Waals surface area (Å²) in [6, 6.07) is 0.813. The summed E-state index contributed by atoms with van der Waals surface area (Å²) in [5.41, 5.74) is 6.37. The Morgan fingerprint density at radius 2 is 1.62 bits per heavy atom. The van der Waals surface area contributed by atoms with E-state index in [2.05, 4.69) is 32.6 Å². The Kier molecular flexibility index (Phi) is 3.36. The second-order valence-electron chi connectivity index (χ2n) is 5.41. The molecule has 78 valence electrons. The van der Waals surface area contributed by atoms with Gasteiger partial charge < -0.3 is 5.73 Å². The van der Waals surface area contributed by atoms with E-state index in [1.807, 2.05) is 0 Å². The number of hydrogen-bond acceptors (Lipinski definition) is 2. The monoisotopic (exact) mass is 184 g/mol. The van der Waals surface area contributed by atoms with Gasteiger partial charge in [0.25, 0.3) is 0 Å². The number of rotatable bonds is 2. The summed E-state index contributed by atoms with van der Waals surface area (Å²) in [5.74, 6) is 0. The Balaban J connectivity index is 2.67. The molecule has 13 heavy (non-hydrogen) atoms. The minimum atomic E-state index is 0.276. The van der Waals surface area contributed by atoms with Gasteiger partial charge in [-0.05, 0) is 38.3 Å². The molecule has 2 atom stereocenters. The third kappa shape index (κ3) is 2.68. The molecule has 1 rings (SSSR count). The Hall–Kier alpha value is -0.0800. The highest BCUT2D eigenvalue weighted by Crippen LogP contribution is 2.28. The first kappa shape index (κ1) is 11.0. The highest BCUT2D eigenvalue weighted by Gasteiger charge is 2.34. The zero-order valence-electron chi connectivity index (χ0n) is 9.51. The third-order valence-corrected chi connectivity index (χ3v) is 2.92. The van der Waals surface area contributed by atoms with Crippen LogP contribution >= 0.6 is 0 Å². The zero-order chi connectivity index (χ0) is 10.1. The first-order valence-corrected chi connectivity index (χ1v) is 5.42. The molecule has 2 nitrogen and oxygen atoms in total. The smallest absolute Gasteiger partial charge is 0.0292 e. The van der Waals surface area contributed by atoms with E-state index in [9.17, 15) is 0 Å². The second kappa shape index (κ2) is 3.97. The summed E-state index contributed by atoms with van der Waals surface area (Å²) in [6.45, 7) is 11.5. The molecule has 2 unspecified atom stereocenters. The van der Waals surface area contributed by atoms with Crippen molar-refractivity contribution < 1.29 is 0 Å². The molecule has 0 aromatic carbocycles. The van der Waals surface area contributed by atoms with Crippen molar-refractivity contribution in [2.75, 3.05) is 13.1 Å². The van der Waals surface area contributed by atoms with Crippen molar-refractivity contribution in [2.45, 2.75) is 52.6 Å². The van der Waals surface area contributed by atoms with Crippen molar-refractivity contribution in [3.63, 3.8) is 0 Å². The van der Waals surface area contributed by atoms with Gasteiger partial charge in [0.05, 0.1) is 0 Å². The van der Waals surface area contributed by atoms with Crippen LogP contribution in [-0.2, 0) is 0 Å². The quantitative estimate of drug-likeness (QED) is 0.709. The van der Waals surface area contributed by atoms with Crippen LogP contribution in [0.4, 0.5) is 0 Å². The highest BCUT2D eigenvalue weighted by molar-refractivity contribution is 4.90. The molecule has 2 heteroatoms. The van der Waals surface area contributed by atoms with Crippen LogP contribution in [0.2, 0.25) is 0 Å². The van der Waals surface area contributed by atoms with E-state index in [-0.39, 0.29) is 6.04 Å². The number of nitrogens with zero attached hydrogens (tertiary/aromatic N) is 1. The van der Waals surface area contributed by atoms with Gasteiger partial charge in [0.15, 0.2) is 0 Å². The van der Waals surface area contributed by atoms with Crippen LogP contribution < -0.4 is 5.73 Å². The van der Waals surface area contributed by atoms with Crippen molar-refractivity contribution in [2.24, 2.45) is 11.1 Å². The molecule has 1 aliphatic rings. The molecule has 0 aromatic heterocycles. The number of likely N-dealkylation sites (tertiary alicyclic amines) is 1. The molecule has 2 N–H and O–H groups in total. The maximum absolute atomic E-state index is 6.06. The molecule has 1 fully saturated rings. The average molecular weight is 184 g/mol. The van der Waals surface area contributed by atoms with E-state index >= 15 is 0 Å². The van der Waals surface area contributed by atoms with Gasteiger partial charge in [-0.2, -0.15) is 0 Å². The van der Waals surface area contributed by atoms with Gasteiger partial charge in [-0.25, -0.2) is 0 Å². The van der Waals surface area contributed by atoms with Crippen LogP contribution in [0.25, 0.3) is 0 Å². The maximum atomic E-state index is 6.06. The van der Waals surface area contributed by atoms with Crippen molar-refractivity contribution in [1.82, 2.24) is 4.90 Å². The zero-order valence-corrected chi connectivity index (χ0v) is 9.51. The lowest BCUT2D eigenvalue weighted by Gasteiger charge is -2.40. The van der Waals surface area contributed by atoms with Gasteiger partial charge >= 0.3 is 0 Å². The fourth-order valence-corrected chi connectivity index (χ4v) is 2.69. The van der Waals surface area contributed by atoms with Crippen molar-refractivity contribution in [3.05, 3.63) is 0 Å². The van der Waals surface area contributed by atoms with Gasteiger partial charge in [0, 0.05) is 12.1 Å². The molecule has 0 saturated carbocycles. The summed E-state index contributed by atoms with van der Waals surface area (Å²) in [4.78, 5) is 2.56. The third-order valence-electron chi connectivity index (χ3n) is 2.92. The van der Waals surface area contributed by atoms with E-state index < -0.39 is 0 Å². The Labute approximate surface area is 82.5 Å². The predicted molar refractivity (Wildman–Crippen MR) is 57.7 cm³/mol. The lowest BCUT2D eigenvalue weighted by molar-refractivity contribution is 0.105. The molecule has 0 bridgehead atoms. The molecule has 0 radical (unpaired) electrons. The summed E-state index contributed by atoms with van der Waals surface area (Å²) in [7, 11) is 0. The van der Waals surface area contributed by atoms with Gasteiger partial charge in [0.2, 0.25) is 0 Å². The first-order valence-electron chi connectivity index (χ1n) is 5.42. The lowest BCUT2D eigenvalue weighted by atomic mass is 9.82. The highest BCUT2D eigenvalue weighted by atomic mass is 15.2. The molecule has 0 aliphatic carbocycles. The van der Waals surface area contributed by atoms with E-state index in [1.54, 1.807) is 0 Å². The van der Waals surface area contributed by atoms with E-state index in [0.717, 1.165) is 0 Å². The van der Waals surface area contributed by atoms with Gasteiger partial charge in [0.1, 0.15) is 0 Å². The normalized spacial score (nSPS) is 24.7. The SMILES string of the molecule is CC(N)C(N1CCCC1)C(C)(C)C. The minimum Gasteiger partial charge on any atom is -0.327 e. The molecule has 1 heterocycles. The van der Waals surface area contributed by atoms with Crippen LogP contribution in [0.15, 0.2) is 0 Å². The molecule has 1 aliphatic heterocycles. The summed E-state index contributed by atoms with van der Waals surface area (Å²) < 4.78 is 0. The van der Waals surface area contributed by atoms with Gasteiger partial charge in [-0.3, -0.25) is 4.90 Å². The van der Waals surface area contributed by atoms with Crippen molar-refractivity contribution >= 4 is 0 Å². The van der Waals surface area contributed by atoms with E-state index in [4.69, 9.17) is 5.73 Å². The number of nitrogens with two attached hydrogens (primary N) is 1. The Bertz CT molecular complexity index is 152. The number of hydrogen-bond donors (Lipinski definition) is 1. The van der Waals surface area contributed by atoms with Crippen LogP contribution in [-0.4, -0.2) is 30.1 Å². The Morgan fingerprint density at radius 1 is 1.15 bits per heavy atom. The second-order valence-corrected chi connectivity index (χ2v) is 5.41. The van der Waals surface area contributed by atoms with Gasteiger partial charge in [-0.1, -0.05) is 20.8 Å². The summed E-state index contributed by atoms with van der Waals surface area (Å²) in [6.07, 6.45) is 2.69. The summed E-state index contributed by atoms with van der Waals surface area (Å²) >= 11 is 0. The largest absolute Gasteiger partial charge is 0.327 e. The van der Waals surface area contributed by atoms with Gasteiger partial charge in [-0.15, -0.1) is 0 Å². The van der Waals surface area contributed by atoms with Crippen molar-refractivity contribution in [3.8, 4) is 0 Å². The van der Waals surface area contributed by atoms with Crippen LogP contribution in [0.3, 0.4) is 0 Å². The molecule has 0 amide bonds. The molecule has 0 spiro atoms. The first-order chi connectivity index (χ1) is 5.93.